The Morgan fingerprint density at radius 3 is 2.23 bits per heavy atom. The summed E-state index contributed by atoms with van der Waals surface area (Å²) in [5.41, 5.74) is -1.72. The number of carbonyl (C=O) groups is 1. The number of nitrogens with one attached hydrogen (secondary N) is 1. The van der Waals surface area contributed by atoms with Gasteiger partial charge in [0.05, 0.1) is 12.8 Å². The first-order valence-electron chi connectivity index (χ1n) is 8.29. The van der Waals surface area contributed by atoms with E-state index >= 15 is 0 Å². The van der Waals surface area contributed by atoms with Gasteiger partial charge in [-0.05, 0) is 6.42 Å². The van der Waals surface area contributed by atoms with E-state index in [4.69, 9.17) is 0 Å². The molecule has 0 fully saturated rings. The van der Waals surface area contributed by atoms with Crippen molar-refractivity contribution < 1.29 is 49.5 Å². The van der Waals surface area contributed by atoms with Crippen LogP contribution in [0.1, 0.15) is 26.2 Å². The van der Waals surface area contributed by atoms with Crippen LogP contribution in [0.5, 0.6) is 0 Å². The Balaban J connectivity index is 3.02. The first-order chi connectivity index (χ1) is 13.6. The summed E-state index contributed by atoms with van der Waals surface area (Å²) < 4.78 is 109. The summed E-state index contributed by atoms with van der Waals surface area (Å²) in [6.45, 7) is 1.86. The molecule has 1 N–H and O–H groups in total. The maximum Gasteiger partial charge on any atom is 0.412 e. The van der Waals surface area contributed by atoms with Crippen LogP contribution < -0.4 is 15.6 Å². The van der Waals surface area contributed by atoms with Gasteiger partial charge in [-0.3, -0.25) is 9.88 Å². The molecule has 1 amide bonds. The topological polar surface area (TPSA) is 99.5 Å². The maximum absolute atomic E-state index is 14.0. The zero-order valence-corrected chi connectivity index (χ0v) is 16.2. The maximum atomic E-state index is 14.0. The molecule has 0 atom stereocenters. The van der Waals surface area contributed by atoms with E-state index in [1.807, 2.05) is 6.92 Å². The highest BCUT2D eigenvalue weighted by atomic mass is 31.2. The van der Waals surface area contributed by atoms with Crippen molar-refractivity contribution in [3.8, 4) is 0 Å². The number of unbranched alkanes of at least 4 members (excludes halogenated alkanes) is 2. The average Bonchev–Trinajstić information content (AvgIpc) is 2.52. The Bertz CT molecular complexity index is 821. The van der Waals surface area contributed by atoms with E-state index < -0.39 is 60.2 Å². The van der Waals surface area contributed by atoms with Crippen molar-refractivity contribution in [1.29, 1.82) is 0 Å². The van der Waals surface area contributed by atoms with Gasteiger partial charge in [0.15, 0.2) is 11.6 Å². The molecule has 0 saturated heterocycles. The predicted molar refractivity (Wildman–Crippen MR) is 89.0 cm³/mol. The van der Waals surface area contributed by atoms with Gasteiger partial charge in [0.1, 0.15) is 12.3 Å². The van der Waals surface area contributed by atoms with Crippen molar-refractivity contribution in [2.45, 2.75) is 38.5 Å². The molecule has 1 heterocycles. The fourth-order valence-electron chi connectivity index (χ4n) is 2.03. The van der Waals surface area contributed by atoms with E-state index in [9.17, 15) is 44.9 Å². The van der Waals surface area contributed by atoms with Crippen LogP contribution >= 0.6 is 7.37 Å². The number of rotatable bonds is 9. The molecule has 1 aromatic rings. The van der Waals surface area contributed by atoms with Gasteiger partial charge in [-0.15, -0.1) is 4.73 Å². The van der Waals surface area contributed by atoms with E-state index in [-0.39, 0.29) is 12.8 Å². The molecule has 172 valence electrons. The minimum Gasteiger partial charge on any atom is -0.449 e. The van der Waals surface area contributed by atoms with E-state index in [1.54, 1.807) is 5.32 Å². The monoisotopic (exact) mass is 471 g/mol. The SMILES string of the molecule is CCCCCOC(=O)Nc1nc(=O)n(OP(=O)(CC(F)(F)F)CC(F)(F)F)cc1F. The second-order valence-electron chi connectivity index (χ2n) is 5.96. The van der Waals surface area contributed by atoms with Crippen LogP contribution in [0, 0.1) is 5.82 Å². The van der Waals surface area contributed by atoms with Gasteiger partial charge in [-0.2, -0.15) is 31.3 Å². The Labute approximate surface area is 164 Å². The third kappa shape index (κ3) is 9.46. The minimum absolute atomic E-state index is 0.00142. The molecule has 1 rings (SSSR count). The summed E-state index contributed by atoms with van der Waals surface area (Å²) in [6, 6.07) is 0. The number of ether oxygens (including phenoxy) is 1. The van der Waals surface area contributed by atoms with Crippen molar-refractivity contribution in [1.82, 2.24) is 9.71 Å². The quantitative estimate of drug-likeness (QED) is 0.333. The number of carbonyl (C=O) groups excluding carboxylic acids is 1. The molecule has 0 aliphatic heterocycles. The van der Waals surface area contributed by atoms with Crippen molar-refractivity contribution in [2.75, 3.05) is 24.2 Å². The lowest BCUT2D eigenvalue weighted by Crippen LogP contribution is -2.34. The van der Waals surface area contributed by atoms with Crippen LogP contribution in [0.15, 0.2) is 11.0 Å². The Morgan fingerprint density at radius 2 is 1.73 bits per heavy atom. The van der Waals surface area contributed by atoms with Gasteiger partial charge >= 0.3 is 24.1 Å². The van der Waals surface area contributed by atoms with Gasteiger partial charge in [-0.1, -0.05) is 19.8 Å². The molecule has 1 aromatic heterocycles. The largest absolute Gasteiger partial charge is 0.449 e. The van der Waals surface area contributed by atoms with Crippen LogP contribution in [-0.4, -0.2) is 47.1 Å². The Hall–Kier alpha value is -2.31. The summed E-state index contributed by atoms with van der Waals surface area (Å²) in [5.74, 6) is -2.58. The molecule has 30 heavy (non-hydrogen) atoms. The predicted octanol–water partition coefficient (Wildman–Crippen LogP) is 3.95. The summed E-state index contributed by atoms with van der Waals surface area (Å²) in [5, 5.41) is 1.75. The summed E-state index contributed by atoms with van der Waals surface area (Å²) in [4.78, 5) is 26.2. The molecule has 0 aromatic carbocycles. The number of hydrogen-bond acceptors (Lipinski definition) is 6. The van der Waals surface area contributed by atoms with Crippen LogP contribution in [-0.2, 0) is 9.30 Å². The van der Waals surface area contributed by atoms with E-state index in [0.717, 1.165) is 12.8 Å². The van der Waals surface area contributed by atoms with Crippen LogP contribution in [0.2, 0.25) is 0 Å². The van der Waals surface area contributed by atoms with E-state index in [2.05, 4.69) is 14.3 Å². The first-order valence-corrected chi connectivity index (χ1v) is 10.3. The number of hydrogen-bond donors (Lipinski definition) is 1. The molecule has 0 bridgehead atoms. The zero-order chi connectivity index (χ0) is 23.2. The molecular formula is C14H17F7N3O5P. The molecule has 0 aliphatic rings. The van der Waals surface area contributed by atoms with Gasteiger partial charge < -0.3 is 9.36 Å². The van der Waals surface area contributed by atoms with Crippen molar-refractivity contribution in [3.63, 3.8) is 0 Å². The normalized spacial score (nSPS) is 12.5. The van der Waals surface area contributed by atoms with Crippen LogP contribution in [0.3, 0.4) is 0 Å². The third-order valence-electron chi connectivity index (χ3n) is 3.13. The fraction of sp³-hybridized carbons (Fsp3) is 0.643. The standard InChI is InChI=1S/C14H17F7N3O5P/c1-2-3-4-5-28-12(26)23-10-9(15)6-24(11(25)22-10)29-30(27,7-13(16,17)18)8-14(19,20)21/h6H,2-5,7-8H2,1H3,(H,22,23,25,26). The third-order valence-corrected chi connectivity index (χ3v) is 5.29. The molecule has 0 radical (unpaired) electrons. The smallest absolute Gasteiger partial charge is 0.412 e. The molecule has 0 spiro atoms. The second kappa shape index (κ2) is 10.1. The molecule has 0 unspecified atom stereocenters. The Kier molecular flexibility index (Phi) is 8.69. The highest BCUT2D eigenvalue weighted by molar-refractivity contribution is 7.59. The second-order valence-corrected chi connectivity index (χ2v) is 8.38. The van der Waals surface area contributed by atoms with Crippen molar-refractivity contribution >= 4 is 19.3 Å². The number of halogens is 7. The molecule has 0 aliphatic carbocycles. The lowest BCUT2D eigenvalue weighted by molar-refractivity contribution is -0.115. The lowest BCUT2D eigenvalue weighted by atomic mass is 10.3. The highest BCUT2D eigenvalue weighted by Gasteiger charge is 2.48. The van der Waals surface area contributed by atoms with Crippen LogP contribution in [0.25, 0.3) is 0 Å². The highest BCUT2D eigenvalue weighted by Crippen LogP contribution is 2.51. The number of alkyl halides is 6. The lowest BCUT2D eigenvalue weighted by Gasteiger charge is -2.22. The van der Waals surface area contributed by atoms with E-state index in [0.29, 0.717) is 6.42 Å². The van der Waals surface area contributed by atoms with Gasteiger partial charge in [0.2, 0.25) is 0 Å². The number of nitrogens with zero attached hydrogens (tertiary/aromatic N) is 2. The van der Waals surface area contributed by atoms with Crippen molar-refractivity contribution in [2.24, 2.45) is 0 Å². The number of amides is 1. The molecule has 8 nitrogen and oxygen atoms in total. The van der Waals surface area contributed by atoms with E-state index in [1.165, 1.54) is 0 Å². The van der Waals surface area contributed by atoms with Gasteiger partial charge in [0.25, 0.3) is 7.37 Å². The summed E-state index contributed by atoms with van der Waals surface area (Å²) in [6.07, 6.45) is -14.8. The molecule has 0 saturated carbocycles. The zero-order valence-electron chi connectivity index (χ0n) is 15.3. The summed E-state index contributed by atoms with van der Waals surface area (Å²) >= 11 is 0. The summed E-state index contributed by atoms with van der Waals surface area (Å²) in [7, 11) is -5.60. The molecule has 16 heteroatoms. The first kappa shape index (κ1) is 25.7. The number of aromatic nitrogens is 2. The van der Waals surface area contributed by atoms with Crippen molar-refractivity contribution in [3.05, 3.63) is 22.5 Å². The average molecular weight is 471 g/mol. The minimum atomic E-state index is -5.60. The molecular weight excluding hydrogens is 454 g/mol. The Morgan fingerprint density at radius 1 is 1.17 bits per heavy atom. The van der Waals surface area contributed by atoms with Gasteiger partial charge in [-0.25, -0.2) is 14.0 Å². The van der Waals surface area contributed by atoms with Gasteiger partial charge in [0, 0.05) is 0 Å². The van der Waals surface area contributed by atoms with Crippen LogP contribution in [0.4, 0.5) is 41.3 Å². The number of anilines is 1. The fourth-order valence-corrected chi connectivity index (χ4v) is 3.79.